The molecule has 6 aromatic rings. The third-order valence-electron chi connectivity index (χ3n) is 8.55. The highest BCUT2D eigenvalue weighted by Crippen LogP contribution is 2.52. The summed E-state index contributed by atoms with van der Waals surface area (Å²) in [6.45, 7) is 0. The Kier molecular flexibility index (Phi) is 5.32. The molecule has 5 aromatic carbocycles. The Morgan fingerprint density at radius 1 is 0.721 bits per heavy atom. The van der Waals surface area contributed by atoms with E-state index in [0.717, 1.165) is 80.1 Å². The molecule has 1 N–H and O–H groups in total. The summed E-state index contributed by atoms with van der Waals surface area (Å²) in [5.74, 6) is 3.75. The van der Waals surface area contributed by atoms with E-state index >= 15 is 0 Å². The SMILES string of the molecule is C1=Cc2c(c3ccc4c(c3n2C2=NC(c3ccccc3)NC(c3ccccc3)=C2)Oc2c(ccc3ccccc23)O4)CC1. The molecule has 0 bridgehead atoms. The van der Waals surface area contributed by atoms with Gasteiger partial charge in [0.05, 0.1) is 5.69 Å². The van der Waals surface area contributed by atoms with Crippen LogP contribution in [0, 0.1) is 0 Å². The molecule has 0 saturated carbocycles. The molecule has 9 rings (SSSR count). The lowest BCUT2D eigenvalue weighted by Gasteiger charge is -2.27. The molecule has 1 aliphatic carbocycles. The number of aromatic nitrogens is 1. The molecule has 1 atom stereocenters. The molecular weight excluding hydrogens is 530 g/mol. The second-order valence-electron chi connectivity index (χ2n) is 11.1. The quantitative estimate of drug-likeness (QED) is 0.230. The third kappa shape index (κ3) is 3.82. The molecular formula is C38H27N3O2. The molecule has 3 aliphatic rings. The summed E-state index contributed by atoms with van der Waals surface area (Å²) >= 11 is 0. The zero-order valence-electron chi connectivity index (χ0n) is 23.3. The molecule has 43 heavy (non-hydrogen) atoms. The molecule has 0 saturated heterocycles. The van der Waals surface area contributed by atoms with Crippen molar-refractivity contribution < 1.29 is 9.47 Å². The largest absolute Gasteiger partial charge is 0.449 e. The summed E-state index contributed by atoms with van der Waals surface area (Å²) < 4.78 is 15.7. The molecule has 5 nitrogen and oxygen atoms in total. The van der Waals surface area contributed by atoms with E-state index in [1.165, 1.54) is 5.56 Å². The van der Waals surface area contributed by atoms with Gasteiger partial charge >= 0.3 is 0 Å². The van der Waals surface area contributed by atoms with Crippen LogP contribution in [0.2, 0.25) is 0 Å². The van der Waals surface area contributed by atoms with Gasteiger partial charge in [0.15, 0.2) is 23.0 Å². The van der Waals surface area contributed by atoms with Gasteiger partial charge in [-0.15, -0.1) is 0 Å². The van der Waals surface area contributed by atoms with Crippen molar-refractivity contribution in [1.82, 2.24) is 9.88 Å². The van der Waals surface area contributed by atoms with E-state index in [4.69, 9.17) is 14.5 Å². The average molecular weight is 558 g/mol. The van der Waals surface area contributed by atoms with Crippen LogP contribution in [0.15, 0.2) is 126 Å². The molecule has 0 amide bonds. The molecule has 1 aromatic heterocycles. The van der Waals surface area contributed by atoms with Crippen LogP contribution in [0.3, 0.4) is 0 Å². The smallest absolute Gasteiger partial charge is 0.194 e. The maximum atomic E-state index is 6.87. The Morgan fingerprint density at radius 2 is 1.49 bits per heavy atom. The van der Waals surface area contributed by atoms with E-state index in [2.05, 4.69) is 101 Å². The number of aryl methyl sites for hydroxylation is 1. The highest BCUT2D eigenvalue weighted by atomic mass is 16.6. The van der Waals surface area contributed by atoms with Crippen molar-refractivity contribution in [3.63, 3.8) is 0 Å². The zero-order valence-corrected chi connectivity index (χ0v) is 23.3. The van der Waals surface area contributed by atoms with E-state index in [-0.39, 0.29) is 6.17 Å². The van der Waals surface area contributed by atoms with Crippen molar-refractivity contribution >= 4 is 39.3 Å². The highest BCUT2D eigenvalue weighted by molar-refractivity contribution is 6.11. The molecule has 0 fully saturated rings. The molecule has 0 radical (unpaired) electrons. The number of hydrogen-bond donors (Lipinski definition) is 1. The number of benzene rings is 5. The zero-order chi connectivity index (χ0) is 28.3. The number of rotatable bonds is 2. The Labute approximate surface area is 249 Å². The lowest BCUT2D eigenvalue weighted by Crippen LogP contribution is -2.27. The fourth-order valence-electron chi connectivity index (χ4n) is 6.54. The fourth-order valence-corrected chi connectivity index (χ4v) is 6.54. The van der Waals surface area contributed by atoms with E-state index in [1.807, 2.05) is 36.4 Å². The van der Waals surface area contributed by atoms with E-state index < -0.39 is 0 Å². The van der Waals surface area contributed by atoms with Gasteiger partial charge in [0, 0.05) is 22.5 Å². The second kappa shape index (κ2) is 9.50. The van der Waals surface area contributed by atoms with Crippen molar-refractivity contribution in [1.29, 1.82) is 0 Å². The van der Waals surface area contributed by atoms with Crippen molar-refractivity contribution in [2.75, 3.05) is 0 Å². The molecule has 3 heterocycles. The first-order chi connectivity index (χ1) is 21.3. The molecule has 0 spiro atoms. The minimum absolute atomic E-state index is 0.251. The Bertz CT molecular complexity index is 2160. The van der Waals surface area contributed by atoms with E-state index in [1.54, 1.807) is 0 Å². The number of aliphatic imine (C=N–C) groups is 1. The lowest BCUT2D eigenvalue weighted by atomic mass is 10.0. The van der Waals surface area contributed by atoms with E-state index in [9.17, 15) is 0 Å². The summed E-state index contributed by atoms with van der Waals surface area (Å²) in [6, 6.07) is 37.4. The van der Waals surface area contributed by atoms with Gasteiger partial charge in [-0.3, -0.25) is 4.57 Å². The van der Waals surface area contributed by atoms with Gasteiger partial charge in [-0.05, 0) is 59.2 Å². The number of nitrogens with zero attached hydrogens (tertiary/aromatic N) is 2. The third-order valence-corrected chi connectivity index (χ3v) is 8.55. The van der Waals surface area contributed by atoms with Crippen LogP contribution in [0.5, 0.6) is 23.0 Å². The van der Waals surface area contributed by atoms with Crippen LogP contribution in [0.25, 0.3) is 33.4 Å². The summed E-state index contributed by atoms with van der Waals surface area (Å²) in [4.78, 5) is 5.33. The summed E-state index contributed by atoms with van der Waals surface area (Å²) in [7, 11) is 0. The van der Waals surface area contributed by atoms with Gasteiger partial charge in [0.25, 0.3) is 0 Å². The topological polar surface area (TPSA) is 47.8 Å². The monoisotopic (exact) mass is 557 g/mol. The summed E-state index contributed by atoms with van der Waals surface area (Å²) in [6.07, 6.45) is 8.35. The van der Waals surface area contributed by atoms with Crippen LogP contribution in [0.4, 0.5) is 0 Å². The standard InChI is InChI=1S/C38H27N3O2/c1-3-12-25(13-4-1)30-23-34(40-38(39-30)26-14-5-2-6-15-26)41-31-18-10-9-17-28(31)29-20-22-33-37(35(29)41)43-36-27-16-8-7-11-24(27)19-21-32(36)42-33/h1-8,10-16,18-23,38-39H,9,17H2. The van der Waals surface area contributed by atoms with E-state index in [0.29, 0.717) is 5.75 Å². The van der Waals surface area contributed by atoms with Crippen molar-refractivity contribution in [3.05, 3.63) is 144 Å². The number of nitrogens with one attached hydrogen (secondary N) is 1. The second-order valence-corrected chi connectivity index (χ2v) is 11.1. The van der Waals surface area contributed by atoms with Crippen molar-refractivity contribution in [2.24, 2.45) is 4.99 Å². The number of ether oxygens (including phenoxy) is 2. The van der Waals surface area contributed by atoms with Crippen LogP contribution in [0.1, 0.15) is 35.0 Å². The van der Waals surface area contributed by atoms with Gasteiger partial charge in [0.2, 0.25) is 0 Å². The first kappa shape index (κ1) is 24.1. The van der Waals surface area contributed by atoms with Gasteiger partial charge < -0.3 is 14.8 Å². The number of fused-ring (bicyclic) bond motifs is 8. The predicted octanol–water partition coefficient (Wildman–Crippen LogP) is 9.24. The number of hydrogen-bond acceptors (Lipinski definition) is 4. The van der Waals surface area contributed by atoms with Gasteiger partial charge in [-0.1, -0.05) is 97.1 Å². The predicted molar refractivity (Wildman–Crippen MR) is 173 cm³/mol. The first-order valence-electron chi connectivity index (χ1n) is 14.7. The summed E-state index contributed by atoms with van der Waals surface area (Å²) in [5.41, 5.74) is 6.65. The molecule has 206 valence electrons. The molecule has 1 unspecified atom stereocenters. The molecule has 5 heteroatoms. The minimum atomic E-state index is -0.251. The first-order valence-corrected chi connectivity index (χ1v) is 14.7. The fraction of sp³-hybridized carbons (Fsp3) is 0.0789. The van der Waals surface area contributed by atoms with Crippen LogP contribution in [-0.4, -0.2) is 10.4 Å². The lowest BCUT2D eigenvalue weighted by molar-refractivity contribution is 0.366. The Morgan fingerprint density at radius 3 is 2.37 bits per heavy atom. The van der Waals surface area contributed by atoms with Crippen molar-refractivity contribution in [3.8, 4) is 23.0 Å². The van der Waals surface area contributed by atoms with Crippen molar-refractivity contribution in [2.45, 2.75) is 19.0 Å². The minimum Gasteiger partial charge on any atom is -0.449 e. The Hall–Kier alpha value is -5.55. The Balaban J connectivity index is 1.31. The van der Waals surface area contributed by atoms with Crippen LogP contribution >= 0.6 is 0 Å². The summed E-state index contributed by atoms with van der Waals surface area (Å²) in [5, 5.41) is 6.99. The normalized spacial score (nSPS) is 16.7. The van der Waals surface area contributed by atoms with Gasteiger partial charge in [-0.25, -0.2) is 4.99 Å². The maximum Gasteiger partial charge on any atom is 0.194 e. The maximum absolute atomic E-state index is 6.87. The van der Waals surface area contributed by atoms with Crippen LogP contribution in [-0.2, 0) is 6.42 Å². The van der Waals surface area contributed by atoms with Crippen LogP contribution < -0.4 is 14.8 Å². The number of allylic oxidation sites excluding steroid dienone is 2. The molecule has 2 aliphatic heterocycles. The average Bonchev–Trinajstić information content (AvgIpc) is 3.43. The highest BCUT2D eigenvalue weighted by Gasteiger charge is 2.31. The van der Waals surface area contributed by atoms with Gasteiger partial charge in [0.1, 0.15) is 17.5 Å². The van der Waals surface area contributed by atoms with Gasteiger partial charge in [-0.2, -0.15) is 0 Å².